The van der Waals surface area contributed by atoms with Crippen molar-refractivity contribution in [3.8, 4) is 5.75 Å². The minimum atomic E-state index is -3.07. The molecule has 2 aromatic rings. The number of nitrogens with zero attached hydrogens (tertiary/aromatic N) is 1. The van der Waals surface area contributed by atoms with Crippen molar-refractivity contribution >= 4 is 34.8 Å². The van der Waals surface area contributed by atoms with Gasteiger partial charge in [0.15, 0.2) is 6.61 Å². The zero-order chi connectivity index (χ0) is 18.4. The van der Waals surface area contributed by atoms with Crippen LogP contribution in [-0.2, 0) is 16.1 Å². The zero-order valence-corrected chi connectivity index (χ0v) is 14.7. The van der Waals surface area contributed by atoms with Gasteiger partial charge in [-0.25, -0.2) is 4.79 Å². The molecule has 1 amide bonds. The first-order chi connectivity index (χ1) is 11.9. The van der Waals surface area contributed by atoms with Crippen molar-refractivity contribution in [3.63, 3.8) is 0 Å². The summed E-state index contributed by atoms with van der Waals surface area (Å²) in [6.07, 6.45) is 0. The second-order valence-electron chi connectivity index (χ2n) is 4.91. The molecular weight excluding hydrogens is 376 g/mol. The van der Waals surface area contributed by atoms with Gasteiger partial charge in [-0.15, -0.1) is 11.3 Å². The molecule has 1 aromatic carbocycles. The Morgan fingerprint density at radius 1 is 1.24 bits per heavy atom. The molecule has 0 saturated carbocycles. The molecule has 0 aliphatic rings. The minimum absolute atomic E-state index is 0.178. The van der Waals surface area contributed by atoms with Gasteiger partial charge in [0.1, 0.15) is 11.3 Å². The van der Waals surface area contributed by atoms with Crippen LogP contribution in [0.1, 0.15) is 15.2 Å². The Bertz CT molecular complexity index is 753. The molecule has 0 unspecified atom stereocenters. The molecule has 0 aliphatic heterocycles. The normalized spacial score (nSPS) is 10.6. The van der Waals surface area contributed by atoms with E-state index in [1.54, 1.807) is 19.2 Å². The highest BCUT2D eigenvalue weighted by atomic mass is 35.5. The molecule has 0 spiro atoms. The van der Waals surface area contributed by atoms with Gasteiger partial charge < -0.3 is 14.4 Å². The maximum Gasteiger partial charge on any atom is 0.387 e. The standard InChI is InChI=1S/C16H14ClF2NO4S/c1-20(8-10-6-7-13(17)25-10)14(21)9-23-15(22)11-4-2-3-5-12(11)24-16(18)19/h2-7,16H,8-9H2,1H3. The summed E-state index contributed by atoms with van der Waals surface area (Å²) in [6.45, 7) is -3.27. The lowest BCUT2D eigenvalue weighted by Gasteiger charge is -2.16. The Labute approximate surface area is 151 Å². The quantitative estimate of drug-likeness (QED) is 0.675. The number of carbonyl (C=O) groups is 2. The molecule has 0 fully saturated rings. The van der Waals surface area contributed by atoms with Crippen LogP contribution in [0.4, 0.5) is 8.78 Å². The van der Waals surface area contributed by atoms with Crippen molar-refractivity contribution in [1.29, 1.82) is 0 Å². The summed E-state index contributed by atoms with van der Waals surface area (Å²) < 4.78 is 34.5. The number of alkyl halides is 2. The van der Waals surface area contributed by atoms with Gasteiger partial charge in [0.25, 0.3) is 5.91 Å². The number of likely N-dealkylation sites (N-methyl/N-ethyl adjacent to an activating group) is 1. The number of para-hydroxylation sites is 1. The SMILES string of the molecule is CN(Cc1ccc(Cl)s1)C(=O)COC(=O)c1ccccc1OC(F)F. The van der Waals surface area contributed by atoms with E-state index < -0.39 is 25.1 Å². The summed E-state index contributed by atoms with van der Waals surface area (Å²) in [5.41, 5.74) is -0.178. The summed E-state index contributed by atoms with van der Waals surface area (Å²) in [5.74, 6) is -1.67. The van der Waals surface area contributed by atoms with Crippen molar-refractivity contribution in [2.45, 2.75) is 13.2 Å². The first kappa shape index (κ1) is 19.1. The highest BCUT2D eigenvalue weighted by molar-refractivity contribution is 7.16. The Kier molecular flexibility index (Phi) is 6.72. The van der Waals surface area contributed by atoms with E-state index in [-0.39, 0.29) is 11.3 Å². The Morgan fingerprint density at radius 3 is 2.60 bits per heavy atom. The molecule has 134 valence electrons. The van der Waals surface area contributed by atoms with Crippen molar-refractivity contribution in [2.75, 3.05) is 13.7 Å². The zero-order valence-electron chi connectivity index (χ0n) is 13.1. The van der Waals surface area contributed by atoms with E-state index in [4.69, 9.17) is 16.3 Å². The van der Waals surface area contributed by atoms with Crippen LogP contribution in [0.2, 0.25) is 4.34 Å². The number of hydrogen-bond donors (Lipinski definition) is 0. The van der Waals surface area contributed by atoms with E-state index in [0.717, 1.165) is 4.88 Å². The number of carbonyl (C=O) groups excluding carboxylic acids is 2. The summed E-state index contributed by atoms with van der Waals surface area (Å²) in [7, 11) is 1.55. The molecule has 0 atom stereocenters. The fourth-order valence-corrected chi connectivity index (χ4v) is 3.05. The van der Waals surface area contributed by atoms with Gasteiger partial charge in [-0.1, -0.05) is 23.7 Å². The molecule has 1 heterocycles. The van der Waals surface area contributed by atoms with E-state index in [0.29, 0.717) is 10.9 Å². The predicted octanol–water partition coefficient (Wildman–Crippen LogP) is 3.82. The van der Waals surface area contributed by atoms with Crippen molar-refractivity contribution in [2.24, 2.45) is 0 Å². The van der Waals surface area contributed by atoms with Gasteiger partial charge in [-0.3, -0.25) is 4.79 Å². The molecular formula is C16H14ClF2NO4S. The van der Waals surface area contributed by atoms with Crippen LogP contribution in [-0.4, -0.2) is 37.0 Å². The van der Waals surface area contributed by atoms with Crippen LogP contribution in [0.25, 0.3) is 0 Å². The van der Waals surface area contributed by atoms with Crippen molar-refractivity contribution in [1.82, 2.24) is 4.90 Å². The summed E-state index contributed by atoms with van der Waals surface area (Å²) in [6, 6.07) is 8.93. The Hall–Kier alpha value is -2.19. The van der Waals surface area contributed by atoms with Crippen LogP contribution in [0.5, 0.6) is 5.75 Å². The number of ether oxygens (including phenoxy) is 2. The lowest BCUT2D eigenvalue weighted by Crippen LogP contribution is -2.30. The van der Waals surface area contributed by atoms with E-state index >= 15 is 0 Å². The van der Waals surface area contributed by atoms with Gasteiger partial charge in [-0.05, 0) is 24.3 Å². The van der Waals surface area contributed by atoms with E-state index in [2.05, 4.69) is 4.74 Å². The molecule has 0 saturated heterocycles. The largest absolute Gasteiger partial charge is 0.452 e. The summed E-state index contributed by atoms with van der Waals surface area (Å²) in [4.78, 5) is 26.3. The van der Waals surface area contributed by atoms with Gasteiger partial charge >= 0.3 is 12.6 Å². The first-order valence-electron chi connectivity index (χ1n) is 7.06. The highest BCUT2D eigenvalue weighted by Gasteiger charge is 2.19. The number of hydrogen-bond acceptors (Lipinski definition) is 5. The van der Waals surface area contributed by atoms with Crippen LogP contribution in [0.15, 0.2) is 36.4 Å². The summed E-state index contributed by atoms with van der Waals surface area (Å²) in [5, 5.41) is 0. The maximum atomic E-state index is 12.3. The van der Waals surface area contributed by atoms with Crippen molar-refractivity contribution in [3.05, 3.63) is 51.2 Å². The molecule has 2 rings (SSSR count). The van der Waals surface area contributed by atoms with Crippen LogP contribution >= 0.6 is 22.9 Å². The number of thiophene rings is 1. The van der Waals surface area contributed by atoms with Gasteiger partial charge in [-0.2, -0.15) is 8.78 Å². The third-order valence-electron chi connectivity index (χ3n) is 3.10. The third kappa shape index (κ3) is 5.68. The number of esters is 1. The smallest absolute Gasteiger partial charge is 0.387 e. The average Bonchev–Trinajstić information content (AvgIpc) is 2.97. The average molecular weight is 390 g/mol. The molecule has 0 N–H and O–H groups in total. The van der Waals surface area contributed by atoms with Crippen molar-refractivity contribution < 1.29 is 27.8 Å². The van der Waals surface area contributed by atoms with E-state index in [9.17, 15) is 18.4 Å². The number of rotatable bonds is 7. The predicted molar refractivity (Wildman–Crippen MR) is 89.2 cm³/mol. The molecule has 0 bridgehead atoms. The first-order valence-corrected chi connectivity index (χ1v) is 8.25. The molecule has 5 nitrogen and oxygen atoms in total. The number of halogens is 3. The summed E-state index contributed by atoms with van der Waals surface area (Å²) >= 11 is 7.16. The molecule has 0 radical (unpaired) electrons. The third-order valence-corrected chi connectivity index (χ3v) is 4.31. The van der Waals surface area contributed by atoms with Gasteiger partial charge in [0.2, 0.25) is 0 Å². The Morgan fingerprint density at radius 2 is 1.96 bits per heavy atom. The van der Waals surface area contributed by atoms with Gasteiger partial charge in [0.05, 0.1) is 10.9 Å². The second-order valence-corrected chi connectivity index (χ2v) is 6.71. The highest BCUT2D eigenvalue weighted by Crippen LogP contribution is 2.23. The maximum absolute atomic E-state index is 12.3. The fourth-order valence-electron chi connectivity index (χ4n) is 1.91. The lowest BCUT2D eigenvalue weighted by molar-refractivity contribution is -0.133. The van der Waals surface area contributed by atoms with Gasteiger partial charge in [0, 0.05) is 11.9 Å². The topological polar surface area (TPSA) is 55.8 Å². The van der Waals surface area contributed by atoms with E-state index in [1.807, 2.05) is 0 Å². The van der Waals surface area contributed by atoms with Crippen LogP contribution < -0.4 is 4.74 Å². The second kappa shape index (κ2) is 8.77. The lowest BCUT2D eigenvalue weighted by atomic mass is 10.2. The number of amides is 1. The molecule has 0 aliphatic carbocycles. The Balaban J connectivity index is 1.92. The number of benzene rings is 1. The molecule has 1 aromatic heterocycles. The van der Waals surface area contributed by atoms with E-state index in [1.165, 1.54) is 40.5 Å². The molecule has 9 heteroatoms. The fraction of sp³-hybridized carbons (Fsp3) is 0.250. The van der Waals surface area contributed by atoms with Crippen LogP contribution in [0.3, 0.4) is 0 Å². The monoisotopic (exact) mass is 389 g/mol. The minimum Gasteiger partial charge on any atom is -0.452 e. The molecule has 25 heavy (non-hydrogen) atoms. The van der Waals surface area contributed by atoms with Crippen LogP contribution in [0, 0.1) is 0 Å².